The van der Waals surface area contributed by atoms with Gasteiger partial charge in [-0.2, -0.15) is 0 Å². The maximum atomic E-state index is 12.1. The van der Waals surface area contributed by atoms with E-state index in [1.165, 1.54) is 0 Å². The lowest BCUT2D eigenvalue weighted by molar-refractivity contribution is -0.140. The molecule has 0 saturated carbocycles. The average Bonchev–Trinajstić information content (AvgIpc) is 2.22. The third-order valence-electron chi connectivity index (χ3n) is 2.75. The van der Waals surface area contributed by atoms with Gasteiger partial charge in [0.05, 0.1) is 6.42 Å². The fourth-order valence-electron chi connectivity index (χ4n) is 1.77. The minimum Gasteiger partial charge on any atom is -0.481 e. The molecule has 0 saturated heterocycles. The van der Waals surface area contributed by atoms with Crippen molar-refractivity contribution in [2.45, 2.75) is 58.4 Å². The number of carbonyl (C=O) groups excluding carboxylic acids is 1. The Morgan fingerprint density at radius 1 is 1.11 bits per heavy atom. The minimum atomic E-state index is -0.875. The van der Waals surface area contributed by atoms with E-state index in [0.29, 0.717) is 13.0 Å². The summed E-state index contributed by atoms with van der Waals surface area (Å²) in [6, 6.07) is 0. The molecule has 0 spiro atoms. The molecule has 0 aromatic rings. The molecule has 0 aliphatic heterocycles. The number of carboxylic acid groups (broad SMARTS) is 1. The third-order valence-corrected chi connectivity index (χ3v) is 2.75. The van der Waals surface area contributed by atoms with Gasteiger partial charge >= 0.3 is 5.97 Å². The van der Waals surface area contributed by atoms with Gasteiger partial charge in [-0.25, -0.2) is 0 Å². The molecular weight excluding hydrogens is 232 g/mol. The largest absolute Gasteiger partial charge is 0.481 e. The van der Waals surface area contributed by atoms with Crippen molar-refractivity contribution in [1.29, 1.82) is 0 Å². The normalized spacial score (nSPS) is 11.3. The van der Waals surface area contributed by atoms with Gasteiger partial charge in [-0.15, -0.1) is 0 Å². The summed E-state index contributed by atoms with van der Waals surface area (Å²) < 4.78 is 0. The van der Waals surface area contributed by atoms with E-state index in [2.05, 4.69) is 0 Å². The zero-order chi connectivity index (χ0) is 14.2. The van der Waals surface area contributed by atoms with Gasteiger partial charge in [0.2, 0.25) is 5.91 Å². The fraction of sp³-hybridized carbons (Fsp3) is 0.846. The summed E-state index contributed by atoms with van der Waals surface area (Å²) >= 11 is 0. The number of aliphatic carboxylic acids is 1. The summed E-state index contributed by atoms with van der Waals surface area (Å²) in [4.78, 5) is 24.3. The Hall–Kier alpha value is -1.10. The van der Waals surface area contributed by atoms with Crippen LogP contribution in [0.1, 0.15) is 52.9 Å². The lowest BCUT2D eigenvalue weighted by Gasteiger charge is -2.35. The number of amides is 1. The third kappa shape index (κ3) is 7.27. The summed E-state index contributed by atoms with van der Waals surface area (Å²) in [5.41, 5.74) is 5.06. The quantitative estimate of drug-likeness (QED) is 0.648. The Morgan fingerprint density at radius 2 is 1.72 bits per heavy atom. The highest BCUT2D eigenvalue weighted by Crippen LogP contribution is 2.16. The molecule has 0 fully saturated rings. The molecule has 106 valence electrons. The molecule has 0 radical (unpaired) electrons. The van der Waals surface area contributed by atoms with Crippen LogP contribution in [0.3, 0.4) is 0 Å². The van der Waals surface area contributed by atoms with Gasteiger partial charge in [0.15, 0.2) is 0 Å². The highest BCUT2D eigenvalue weighted by atomic mass is 16.4. The molecule has 0 aromatic carbocycles. The lowest BCUT2D eigenvalue weighted by Crippen LogP contribution is -2.46. The molecule has 0 bridgehead atoms. The zero-order valence-electron chi connectivity index (χ0n) is 11.7. The molecule has 1 amide bonds. The summed E-state index contributed by atoms with van der Waals surface area (Å²) in [6.45, 7) is 6.69. The lowest BCUT2D eigenvalue weighted by atomic mass is 10.0. The molecule has 0 aliphatic rings. The SMILES string of the molecule is CC(C)(C)N(CCC(=O)O)C(=O)CCCCCN. The van der Waals surface area contributed by atoms with Gasteiger partial charge in [0.1, 0.15) is 0 Å². The van der Waals surface area contributed by atoms with E-state index in [9.17, 15) is 9.59 Å². The van der Waals surface area contributed by atoms with E-state index in [1.54, 1.807) is 4.90 Å². The van der Waals surface area contributed by atoms with E-state index in [1.807, 2.05) is 20.8 Å². The van der Waals surface area contributed by atoms with Crippen molar-refractivity contribution in [1.82, 2.24) is 4.90 Å². The van der Waals surface area contributed by atoms with Crippen LogP contribution in [0.2, 0.25) is 0 Å². The fourth-order valence-corrected chi connectivity index (χ4v) is 1.77. The Bertz CT molecular complexity index is 272. The van der Waals surface area contributed by atoms with Crippen LogP contribution in [0.25, 0.3) is 0 Å². The second-order valence-electron chi connectivity index (χ2n) is 5.46. The van der Waals surface area contributed by atoms with Gasteiger partial charge < -0.3 is 15.7 Å². The standard InChI is InChI=1S/C13H26N2O3/c1-13(2,3)15(10-8-12(17)18)11(16)7-5-4-6-9-14/h4-10,14H2,1-3H3,(H,17,18). The summed E-state index contributed by atoms with van der Waals surface area (Å²) in [5, 5.41) is 8.70. The van der Waals surface area contributed by atoms with Gasteiger partial charge in [0, 0.05) is 18.5 Å². The van der Waals surface area contributed by atoms with Crippen LogP contribution in [-0.4, -0.2) is 40.5 Å². The van der Waals surface area contributed by atoms with Crippen LogP contribution >= 0.6 is 0 Å². The monoisotopic (exact) mass is 258 g/mol. The molecule has 0 aliphatic carbocycles. The second kappa shape index (κ2) is 8.08. The number of unbranched alkanes of at least 4 members (excludes halogenated alkanes) is 2. The molecule has 5 nitrogen and oxygen atoms in total. The number of rotatable bonds is 8. The Morgan fingerprint density at radius 3 is 2.17 bits per heavy atom. The number of hydrogen-bond acceptors (Lipinski definition) is 3. The number of carboxylic acids is 1. The number of carbonyl (C=O) groups is 2. The van der Waals surface area contributed by atoms with E-state index >= 15 is 0 Å². The molecule has 0 heterocycles. The van der Waals surface area contributed by atoms with Crippen LogP contribution in [0.4, 0.5) is 0 Å². The molecule has 0 unspecified atom stereocenters. The first-order chi connectivity index (χ1) is 8.29. The predicted octanol–water partition coefficient (Wildman–Crippen LogP) is 1.61. The van der Waals surface area contributed by atoms with E-state index in [0.717, 1.165) is 19.3 Å². The minimum absolute atomic E-state index is 0.00813. The zero-order valence-corrected chi connectivity index (χ0v) is 11.7. The Kier molecular flexibility index (Phi) is 7.59. The summed E-state index contributed by atoms with van der Waals surface area (Å²) in [6.07, 6.45) is 3.15. The van der Waals surface area contributed by atoms with Gasteiger partial charge in [-0.3, -0.25) is 9.59 Å². The number of hydrogen-bond donors (Lipinski definition) is 2. The number of nitrogens with zero attached hydrogens (tertiary/aromatic N) is 1. The van der Waals surface area contributed by atoms with Crippen LogP contribution in [0, 0.1) is 0 Å². The first-order valence-electron chi connectivity index (χ1n) is 6.51. The van der Waals surface area contributed by atoms with Crippen LogP contribution in [0.5, 0.6) is 0 Å². The molecule has 3 N–H and O–H groups in total. The maximum absolute atomic E-state index is 12.1. The van der Waals surface area contributed by atoms with Crippen molar-refractivity contribution in [3.63, 3.8) is 0 Å². The van der Waals surface area contributed by atoms with Crippen molar-refractivity contribution in [2.75, 3.05) is 13.1 Å². The highest BCUT2D eigenvalue weighted by Gasteiger charge is 2.26. The van der Waals surface area contributed by atoms with E-state index in [-0.39, 0.29) is 24.4 Å². The second-order valence-corrected chi connectivity index (χ2v) is 5.46. The Labute approximate surface area is 109 Å². The molecular formula is C13H26N2O3. The maximum Gasteiger partial charge on any atom is 0.305 e. The molecule has 18 heavy (non-hydrogen) atoms. The average molecular weight is 258 g/mol. The van der Waals surface area contributed by atoms with Crippen molar-refractivity contribution in [2.24, 2.45) is 5.73 Å². The molecule has 5 heteroatoms. The molecule has 0 aromatic heterocycles. The van der Waals surface area contributed by atoms with Crippen LogP contribution < -0.4 is 5.73 Å². The first-order valence-corrected chi connectivity index (χ1v) is 6.51. The van der Waals surface area contributed by atoms with Crippen molar-refractivity contribution >= 4 is 11.9 Å². The van der Waals surface area contributed by atoms with Crippen molar-refractivity contribution in [3.05, 3.63) is 0 Å². The summed E-state index contributed by atoms with van der Waals surface area (Å²) in [7, 11) is 0. The predicted molar refractivity (Wildman–Crippen MR) is 71.2 cm³/mol. The first kappa shape index (κ1) is 16.9. The van der Waals surface area contributed by atoms with Gasteiger partial charge in [-0.1, -0.05) is 6.42 Å². The van der Waals surface area contributed by atoms with E-state index in [4.69, 9.17) is 10.8 Å². The van der Waals surface area contributed by atoms with Crippen molar-refractivity contribution in [3.8, 4) is 0 Å². The number of nitrogens with two attached hydrogens (primary N) is 1. The Balaban J connectivity index is 4.28. The van der Waals surface area contributed by atoms with Crippen molar-refractivity contribution < 1.29 is 14.7 Å². The van der Waals surface area contributed by atoms with Crippen LogP contribution in [0.15, 0.2) is 0 Å². The topological polar surface area (TPSA) is 83.6 Å². The van der Waals surface area contributed by atoms with Crippen LogP contribution in [-0.2, 0) is 9.59 Å². The van der Waals surface area contributed by atoms with Gasteiger partial charge in [-0.05, 0) is 40.2 Å². The molecule has 0 rings (SSSR count). The smallest absolute Gasteiger partial charge is 0.305 e. The summed E-state index contributed by atoms with van der Waals surface area (Å²) in [5.74, 6) is -0.846. The van der Waals surface area contributed by atoms with E-state index < -0.39 is 5.97 Å². The highest BCUT2D eigenvalue weighted by molar-refractivity contribution is 5.77. The van der Waals surface area contributed by atoms with Gasteiger partial charge in [0.25, 0.3) is 0 Å². The molecule has 0 atom stereocenters.